The first kappa shape index (κ1) is 21.8. The lowest BCUT2D eigenvalue weighted by molar-refractivity contribution is -0.157. The van der Waals surface area contributed by atoms with Gasteiger partial charge in [0.15, 0.2) is 11.5 Å². The van der Waals surface area contributed by atoms with E-state index in [-0.39, 0.29) is 0 Å². The summed E-state index contributed by atoms with van der Waals surface area (Å²) in [6, 6.07) is 9.59. The smallest absolute Gasteiger partial charge is 0.316 e. The second-order valence-electron chi connectivity index (χ2n) is 7.13. The Balaban J connectivity index is 3.03. The van der Waals surface area contributed by atoms with Crippen LogP contribution in [0, 0.1) is 5.41 Å². The monoisotopic (exact) mass is 389 g/mol. The Morgan fingerprint density at radius 2 is 1.71 bits per heavy atom. The molecule has 0 aliphatic heterocycles. The number of benzene rings is 1. The van der Waals surface area contributed by atoms with Crippen LogP contribution in [-0.4, -0.2) is 51.4 Å². The van der Waals surface area contributed by atoms with Crippen molar-refractivity contribution in [2.24, 2.45) is 5.41 Å². The van der Waals surface area contributed by atoms with Crippen LogP contribution in [0.2, 0.25) is 0 Å². The summed E-state index contributed by atoms with van der Waals surface area (Å²) in [5.74, 6) is 0.254. The number of methoxy groups -OCH3 is 3. The first-order chi connectivity index (χ1) is 13.4. The predicted molar refractivity (Wildman–Crippen MR) is 108 cm³/mol. The largest absolute Gasteiger partial charge is 0.495 e. The molecule has 0 radical (unpaired) electrons. The van der Waals surface area contributed by atoms with Crippen molar-refractivity contribution in [2.45, 2.75) is 31.7 Å². The zero-order valence-electron chi connectivity index (χ0n) is 17.6. The van der Waals surface area contributed by atoms with Gasteiger partial charge in [-0.05, 0) is 32.2 Å². The van der Waals surface area contributed by atoms with Gasteiger partial charge in [0, 0.05) is 0 Å². The van der Waals surface area contributed by atoms with E-state index in [0.717, 1.165) is 18.4 Å². The summed E-state index contributed by atoms with van der Waals surface area (Å²) >= 11 is 0. The number of rotatable bonds is 9. The topological polar surface area (TPSA) is 68.2 Å². The molecule has 0 amide bonds. The molecule has 1 aromatic rings. The minimum absolute atomic E-state index is 0.367. The minimum Gasteiger partial charge on any atom is -0.495 e. The number of carboxylic acids is 1. The predicted octanol–water partition coefficient (Wildman–Crippen LogP) is 3.75. The third-order valence-electron chi connectivity index (χ3n) is 5.58. The second kappa shape index (κ2) is 8.69. The van der Waals surface area contributed by atoms with Crippen molar-refractivity contribution < 1.29 is 24.1 Å². The van der Waals surface area contributed by atoms with Gasteiger partial charge in [-0.25, -0.2) is 0 Å². The number of ether oxygens (including phenoxy) is 3. The van der Waals surface area contributed by atoms with Gasteiger partial charge in [-0.2, -0.15) is 0 Å². The number of unbranched alkanes of at least 4 members (excludes halogenated alkanes) is 1. The lowest BCUT2D eigenvalue weighted by Crippen LogP contribution is -2.61. The number of carboxylic acid groups (broad SMARTS) is 1. The van der Waals surface area contributed by atoms with Crippen LogP contribution in [0.15, 0.2) is 53.7 Å². The fraction of sp³-hybridized carbons (Fsp3) is 0.500. The molecule has 154 valence electrons. The van der Waals surface area contributed by atoms with Gasteiger partial charge in [0.2, 0.25) is 5.76 Å². The SMILES string of the molecule is CCCCC1(C(=O)O)C=C(OC)C(OC)=C(OC)C1(c1ccccc1)N(C)C. The Labute approximate surface area is 167 Å². The average Bonchev–Trinajstić information content (AvgIpc) is 2.70. The Kier molecular flexibility index (Phi) is 6.77. The first-order valence-corrected chi connectivity index (χ1v) is 9.43. The Morgan fingerprint density at radius 1 is 1.07 bits per heavy atom. The Hall–Kier alpha value is -2.47. The summed E-state index contributed by atoms with van der Waals surface area (Å²) < 4.78 is 17.1. The molecule has 1 aliphatic rings. The Morgan fingerprint density at radius 3 is 2.14 bits per heavy atom. The van der Waals surface area contributed by atoms with Crippen LogP contribution in [0.1, 0.15) is 31.7 Å². The molecule has 2 rings (SSSR count). The molecular formula is C22H31NO5. The molecule has 0 aromatic heterocycles. The lowest BCUT2D eigenvalue weighted by Gasteiger charge is -2.53. The maximum absolute atomic E-state index is 12.9. The van der Waals surface area contributed by atoms with Gasteiger partial charge >= 0.3 is 5.97 Å². The van der Waals surface area contributed by atoms with Crippen LogP contribution in [0.3, 0.4) is 0 Å². The first-order valence-electron chi connectivity index (χ1n) is 9.43. The van der Waals surface area contributed by atoms with Crippen LogP contribution < -0.4 is 0 Å². The van der Waals surface area contributed by atoms with E-state index < -0.39 is 16.9 Å². The van der Waals surface area contributed by atoms with E-state index in [1.165, 1.54) is 14.2 Å². The minimum atomic E-state index is -1.31. The molecule has 0 saturated carbocycles. The zero-order chi connectivity index (χ0) is 20.9. The van der Waals surface area contributed by atoms with Crippen LogP contribution in [0.4, 0.5) is 0 Å². The van der Waals surface area contributed by atoms with Gasteiger partial charge in [0.1, 0.15) is 11.0 Å². The van der Waals surface area contributed by atoms with E-state index >= 15 is 0 Å². The third-order valence-corrected chi connectivity index (χ3v) is 5.58. The quantitative estimate of drug-likeness (QED) is 0.694. The van der Waals surface area contributed by atoms with Gasteiger partial charge < -0.3 is 19.3 Å². The highest BCUT2D eigenvalue weighted by Gasteiger charge is 2.64. The normalized spacial score (nSPS) is 24.8. The van der Waals surface area contributed by atoms with Crippen molar-refractivity contribution >= 4 is 5.97 Å². The summed E-state index contributed by atoms with van der Waals surface area (Å²) in [6.45, 7) is 2.05. The van der Waals surface area contributed by atoms with E-state index in [9.17, 15) is 9.90 Å². The number of likely N-dealkylation sites (N-methyl/N-ethyl adjacent to an activating group) is 1. The van der Waals surface area contributed by atoms with Gasteiger partial charge in [-0.1, -0.05) is 50.1 Å². The van der Waals surface area contributed by atoms with Crippen molar-refractivity contribution in [1.29, 1.82) is 0 Å². The molecule has 1 N–H and O–H groups in total. The molecule has 0 bridgehead atoms. The highest BCUT2D eigenvalue weighted by atomic mass is 16.5. The second-order valence-corrected chi connectivity index (χ2v) is 7.13. The molecule has 1 aromatic carbocycles. The van der Waals surface area contributed by atoms with Gasteiger partial charge in [0.05, 0.1) is 21.3 Å². The lowest BCUT2D eigenvalue weighted by atomic mass is 9.59. The molecular weight excluding hydrogens is 358 g/mol. The molecule has 2 unspecified atom stereocenters. The highest BCUT2D eigenvalue weighted by molar-refractivity contribution is 5.82. The molecule has 1 aliphatic carbocycles. The number of nitrogens with zero attached hydrogens (tertiary/aromatic N) is 1. The molecule has 6 nitrogen and oxygen atoms in total. The number of carbonyl (C=O) groups is 1. The van der Waals surface area contributed by atoms with E-state index in [0.29, 0.717) is 23.7 Å². The van der Waals surface area contributed by atoms with Crippen LogP contribution in [-0.2, 0) is 24.5 Å². The molecule has 0 saturated heterocycles. The average molecular weight is 389 g/mol. The maximum Gasteiger partial charge on any atom is 0.316 e. The van der Waals surface area contributed by atoms with E-state index in [1.54, 1.807) is 13.2 Å². The van der Waals surface area contributed by atoms with Crippen molar-refractivity contribution in [1.82, 2.24) is 4.90 Å². The van der Waals surface area contributed by atoms with Crippen LogP contribution in [0.5, 0.6) is 0 Å². The van der Waals surface area contributed by atoms with Crippen molar-refractivity contribution in [3.8, 4) is 0 Å². The molecule has 2 atom stereocenters. The van der Waals surface area contributed by atoms with Crippen molar-refractivity contribution in [2.75, 3.05) is 35.4 Å². The van der Waals surface area contributed by atoms with Crippen molar-refractivity contribution in [3.63, 3.8) is 0 Å². The summed E-state index contributed by atoms with van der Waals surface area (Å²) in [4.78, 5) is 14.9. The molecule has 6 heteroatoms. The zero-order valence-corrected chi connectivity index (χ0v) is 17.6. The van der Waals surface area contributed by atoms with Crippen LogP contribution >= 0.6 is 0 Å². The standard InChI is InChI=1S/C22H31NO5/c1-7-8-14-21(20(24)25)15-17(26-4)18(27-5)19(28-6)22(21,23(2)3)16-12-10-9-11-13-16/h9-13,15H,7-8,14H2,1-6H3,(H,24,25). The van der Waals surface area contributed by atoms with Crippen LogP contribution in [0.25, 0.3) is 0 Å². The van der Waals surface area contributed by atoms with E-state index in [4.69, 9.17) is 14.2 Å². The molecule has 0 fully saturated rings. The third kappa shape index (κ3) is 3.05. The summed E-state index contributed by atoms with van der Waals surface area (Å²) in [5, 5.41) is 10.6. The molecule has 0 spiro atoms. The summed E-state index contributed by atoms with van der Waals surface area (Å²) in [5.41, 5.74) is -1.61. The highest BCUT2D eigenvalue weighted by Crippen LogP contribution is 2.57. The van der Waals surface area contributed by atoms with Gasteiger partial charge in [-0.3, -0.25) is 9.69 Å². The maximum atomic E-state index is 12.9. The van der Waals surface area contributed by atoms with Gasteiger partial charge in [0.25, 0.3) is 0 Å². The number of hydrogen-bond donors (Lipinski definition) is 1. The van der Waals surface area contributed by atoms with Crippen molar-refractivity contribution in [3.05, 3.63) is 59.2 Å². The van der Waals surface area contributed by atoms with Gasteiger partial charge in [-0.15, -0.1) is 0 Å². The molecule has 0 heterocycles. The number of aliphatic carboxylic acids is 1. The summed E-state index contributed by atoms with van der Waals surface area (Å²) in [7, 11) is 8.33. The van der Waals surface area contributed by atoms with E-state index in [2.05, 4.69) is 0 Å². The number of hydrogen-bond acceptors (Lipinski definition) is 5. The van der Waals surface area contributed by atoms with E-state index in [1.807, 2.05) is 56.3 Å². The summed E-state index contributed by atoms with van der Waals surface area (Å²) in [6.07, 6.45) is 3.72. The fourth-order valence-electron chi connectivity index (χ4n) is 4.42. The molecule has 28 heavy (non-hydrogen) atoms. The fourth-order valence-corrected chi connectivity index (χ4v) is 4.42. The Bertz CT molecular complexity index is 755.